The van der Waals surface area contributed by atoms with E-state index in [-0.39, 0.29) is 10.9 Å². The molecule has 0 spiro atoms. The van der Waals surface area contributed by atoms with Crippen LogP contribution in [-0.4, -0.2) is 29.7 Å². The van der Waals surface area contributed by atoms with Crippen LogP contribution in [0.3, 0.4) is 0 Å². The molecular formula is C24H19ClFN3O. The maximum atomic E-state index is 13.5. The van der Waals surface area contributed by atoms with Gasteiger partial charge < -0.3 is 5.32 Å². The average Bonchev–Trinajstić information content (AvgIpc) is 3.26. The molecule has 1 amide bonds. The predicted molar refractivity (Wildman–Crippen MR) is 118 cm³/mol. The van der Waals surface area contributed by atoms with Crippen molar-refractivity contribution in [3.63, 3.8) is 0 Å². The van der Waals surface area contributed by atoms with E-state index in [1.54, 1.807) is 24.4 Å². The van der Waals surface area contributed by atoms with Crippen LogP contribution in [-0.2, 0) is 6.42 Å². The van der Waals surface area contributed by atoms with Crippen LogP contribution in [0, 0.1) is 5.82 Å². The first-order valence-corrected chi connectivity index (χ1v) is 9.97. The lowest BCUT2D eigenvalue weighted by Crippen LogP contribution is -2.27. The monoisotopic (exact) mass is 419 g/mol. The van der Waals surface area contributed by atoms with Crippen LogP contribution >= 0.6 is 11.6 Å². The normalized spacial score (nSPS) is 13.0. The Kier molecular flexibility index (Phi) is 6.00. The number of aromatic nitrogens is 1. The van der Waals surface area contributed by atoms with Crippen molar-refractivity contribution >= 4 is 28.8 Å². The second-order valence-corrected chi connectivity index (χ2v) is 7.28. The van der Waals surface area contributed by atoms with E-state index in [2.05, 4.69) is 15.3 Å². The van der Waals surface area contributed by atoms with Gasteiger partial charge in [0.15, 0.2) is 0 Å². The Morgan fingerprint density at radius 3 is 2.73 bits per heavy atom. The van der Waals surface area contributed by atoms with E-state index in [1.807, 2.05) is 42.5 Å². The molecule has 4 rings (SSSR count). The second-order valence-electron chi connectivity index (χ2n) is 6.87. The van der Waals surface area contributed by atoms with E-state index in [4.69, 9.17) is 11.6 Å². The number of carbonyl (C=O) groups excluding carboxylic acids is 1. The van der Waals surface area contributed by atoms with Gasteiger partial charge in [0.2, 0.25) is 0 Å². The molecule has 4 nitrogen and oxygen atoms in total. The smallest absolute Gasteiger partial charge is 0.251 e. The summed E-state index contributed by atoms with van der Waals surface area (Å²) in [5.74, 6) is -0.608. The first-order valence-electron chi connectivity index (χ1n) is 9.60. The van der Waals surface area contributed by atoms with E-state index >= 15 is 0 Å². The van der Waals surface area contributed by atoms with Crippen molar-refractivity contribution in [3.05, 3.63) is 106 Å². The van der Waals surface area contributed by atoms with Crippen molar-refractivity contribution < 1.29 is 9.18 Å². The van der Waals surface area contributed by atoms with Crippen molar-refractivity contribution in [1.29, 1.82) is 0 Å². The highest BCUT2D eigenvalue weighted by molar-refractivity contribution is 6.31. The van der Waals surface area contributed by atoms with Crippen LogP contribution < -0.4 is 5.32 Å². The summed E-state index contributed by atoms with van der Waals surface area (Å²) in [7, 11) is 0. The van der Waals surface area contributed by atoms with Gasteiger partial charge in [0, 0.05) is 36.0 Å². The summed E-state index contributed by atoms with van der Waals surface area (Å²) in [5.41, 5.74) is 4.72. The van der Waals surface area contributed by atoms with Gasteiger partial charge in [-0.2, -0.15) is 0 Å². The zero-order valence-electron chi connectivity index (χ0n) is 16.1. The molecule has 1 aromatic heterocycles. The molecule has 1 aliphatic heterocycles. The van der Waals surface area contributed by atoms with Crippen LogP contribution in [0.5, 0.6) is 0 Å². The molecule has 0 fully saturated rings. The van der Waals surface area contributed by atoms with Crippen molar-refractivity contribution in [3.8, 4) is 0 Å². The van der Waals surface area contributed by atoms with E-state index in [9.17, 15) is 9.18 Å². The molecule has 0 saturated carbocycles. The Hall–Kier alpha value is -3.31. The van der Waals surface area contributed by atoms with E-state index in [1.165, 1.54) is 6.07 Å². The molecule has 0 aliphatic carbocycles. The third kappa shape index (κ3) is 4.47. The van der Waals surface area contributed by atoms with Gasteiger partial charge in [0.25, 0.3) is 5.91 Å². The Morgan fingerprint density at radius 2 is 1.93 bits per heavy atom. The maximum absolute atomic E-state index is 13.5. The molecule has 2 aromatic carbocycles. The standard InChI is InChI=1S/C24H19ClFN3O/c25-21-13-16(8-9-22(21)26)17-14-23(29-15-17)19-6-1-2-7-20(19)24(30)28-12-10-18-5-3-4-11-27-18/h1-9,11,13-14H,10,12,15H2,(H,28,30). The molecule has 0 radical (unpaired) electrons. The maximum Gasteiger partial charge on any atom is 0.251 e. The number of hydrogen-bond acceptors (Lipinski definition) is 3. The fraction of sp³-hybridized carbons (Fsp3) is 0.125. The largest absolute Gasteiger partial charge is 0.352 e. The molecule has 1 aliphatic rings. The number of amides is 1. The van der Waals surface area contributed by atoms with Gasteiger partial charge in [0.1, 0.15) is 5.82 Å². The number of carbonyl (C=O) groups is 1. The summed E-state index contributed by atoms with van der Waals surface area (Å²) in [6, 6.07) is 17.7. The quantitative estimate of drug-likeness (QED) is 0.627. The summed E-state index contributed by atoms with van der Waals surface area (Å²) in [6.07, 6.45) is 4.32. The number of aliphatic imine (C=N–C) groups is 1. The van der Waals surface area contributed by atoms with Gasteiger partial charge in [-0.1, -0.05) is 41.9 Å². The lowest BCUT2D eigenvalue weighted by atomic mass is 10.00. The van der Waals surface area contributed by atoms with Crippen LogP contribution in [0.4, 0.5) is 4.39 Å². The molecule has 30 heavy (non-hydrogen) atoms. The van der Waals surface area contributed by atoms with Crippen LogP contribution in [0.1, 0.15) is 27.2 Å². The number of pyridine rings is 1. The minimum absolute atomic E-state index is 0.0783. The topological polar surface area (TPSA) is 54.4 Å². The van der Waals surface area contributed by atoms with E-state index in [0.717, 1.165) is 28.1 Å². The number of benzene rings is 2. The summed E-state index contributed by atoms with van der Waals surface area (Å²) >= 11 is 5.91. The molecule has 0 saturated heterocycles. The fourth-order valence-electron chi connectivity index (χ4n) is 3.31. The summed E-state index contributed by atoms with van der Waals surface area (Å²) in [6.45, 7) is 0.943. The molecule has 0 unspecified atom stereocenters. The molecule has 2 heterocycles. The molecule has 150 valence electrons. The van der Waals surface area contributed by atoms with Crippen molar-refractivity contribution in [1.82, 2.24) is 10.3 Å². The minimum Gasteiger partial charge on any atom is -0.352 e. The van der Waals surface area contributed by atoms with Gasteiger partial charge in [0.05, 0.1) is 17.3 Å². The number of halogens is 2. The molecule has 0 bridgehead atoms. The zero-order chi connectivity index (χ0) is 20.9. The summed E-state index contributed by atoms with van der Waals surface area (Å²) in [5, 5.41) is 3.03. The highest BCUT2D eigenvalue weighted by Gasteiger charge is 2.18. The number of allylic oxidation sites excluding steroid dienone is 1. The highest BCUT2D eigenvalue weighted by atomic mass is 35.5. The van der Waals surface area contributed by atoms with Crippen LogP contribution in [0.2, 0.25) is 5.02 Å². The van der Waals surface area contributed by atoms with Gasteiger partial charge in [-0.25, -0.2) is 4.39 Å². The van der Waals surface area contributed by atoms with Crippen molar-refractivity contribution in [2.75, 3.05) is 13.1 Å². The lowest BCUT2D eigenvalue weighted by molar-refractivity contribution is 0.0954. The fourth-order valence-corrected chi connectivity index (χ4v) is 3.49. The molecule has 6 heteroatoms. The molecule has 3 aromatic rings. The van der Waals surface area contributed by atoms with Gasteiger partial charge in [-0.3, -0.25) is 14.8 Å². The second kappa shape index (κ2) is 9.01. The minimum atomic E-state index is -0.451. The summed E-state index contributed by atoms with van der Waals surface area (Å²) < 4.78 is 13.5. The third-order valence-corrected chi connectivity index (χ3v) is 5.15. The molecule has 0 atom stereocenters. The zero-order valence-corrected chi connectivity index (χ0v) is 16.9. The Balaban J connectivity index is 1.49. The SMILES string of the molecule is O=C(NCCc1ccccn1)c1ccccc1C1=NCC(c2ccc(F)c(Cl)c2)=C1. The Bertz CT molecular complexity index is 1140. The van der Waals surface area contributed by atoms with E-state index in [0.29, 0.717) is 25.1 Å². The lowest BCUT2D eigenvalue weighted by Gasteiger charge is -2.09. The van der Waals surface area contributed by atoms with Crippen LogP contribution in [0.25, 0.3) is 5.57 Å². The first-order chi connectivity index (χ1) is 14.6. The van der Waals surface area contributed by atoms with E-state index < -0.39 is 5.82 Å². The Morgan fingerprint density at radius 1 is 1.10 bits per heavy atom. The Labute approximate surface area is 179 Å². The van der Waals surface area contributed by atoms with Crippen molar-refractivity contribution in [2.45, 2.75) is 6.42 Å². The van der Waals surface area contributed by atoms with Gasteiger partial charge >= 0.3 is 0 Å². The van der Waals surface area contributed by atoms with Crippen LogP contribution in [0.15, 0.2) is 77.9 Å². The highest BCUT2D eigenvalue weighted by Crippen LogP contribution is 2.26. The van der Waals surface area contributed by atoms with Gasteiger partial charge in [-0.05, 0) is 47.5 Å². The average molecular weight is 420 g/mol. The number of nitrogens with one attached hydrogen (secondary N) is 1. The molecule has 1 N–H and O–H groups in total. The van der Waals surface area contributed by atoms with Crippen molar-refractivity contribution in [2.24, 2.45) is 4.99 Å². The molecular weight excluding hydrogens is 401 g/mol. The first kappa shape index (κ1) is 20.0. The predicted octanol–water partition coefficient (Wildman–Crippen LogP) is 4.73. The summed E-state index contributed by atoms with van der Waals surface area (Å²) in [4.78, 5) is 21.6. The number of nitrogens with zero attached hydrogens (tertiary/aromatic N) is 2. The third-order valence-electron chi connectivity index (χ3n) is 4.86. The number of hydrogen-bond donors (Lipinski definition) is 1. The van der Waals surface area contributed by atoms with Gasteiger partial charge in [-0.15, -0.1) is 0 Å². The number of rotatable bonds is 6.